The number of aromatic nitrogens is 2. The molecule has 1 amide bonds. The van der Waals surface area contributed by atoms with E-state index in [0.29, 0.717) is 12.5 Å². The van der Waals surface area contributed by atoms with Gasteiger partial charge in [0.15, 0.2) is 5.82 Å². The largest absolute Gasteiger partial charge is 0.380 e. The van der Waals surface area contributed by atoms with Crippen molar-refractivity contribution in [3.63, 3.8) is 0 Å². The topological polar surface area (TPSA) is 58.6 Å². The van der Waals surface area contributed by atoms with E-state index in [9.17, 15) is 4.79 Å². The van der Waals surface area contributed by atoms with Crippen LogP contribution in [-0.4, -0.2) is 71.6 Å². The Morgan fingerprint density at radius 2 is 1.79 bits per heavy atom. The Morgan fingerprint density at radius 1 is 1.07 bits per heavy atom. The Hall–Kier alpha value is -2.31. The lowest BCUT2D eigenvalue weighted by molar-refractivity contribution is -0.133. The van der Waals surface area contributed by atoms with Gasteiger partial charge in [-0.15, -0.1) is 0 Å². The van der Waals surface area contributed by atoms with Gasteiger partial charge in [-0.3, -0.25) is 9.69 Å². The quantitative estimate of drug-likeness (QED) is 0.798. The van der Waals surface area contributed by atoms with Gasteiger partial charge in [-0.1, -0.05) is 24.3 Å². The number of ether oxygens (including phenoxy) is 1. The number of hydrogen-bond acceptors (Lipinski definition) is 5. The Morgan fingerprint density at radius 3 is 2.43 bits per heavy atom. The van der Waals surface area contributed by atoms with E-state index in [1.807, 2.05) is 11.0 Å². The van der Waals surface area contributed by atoms with Crippen LogP contribution >= 0.6 is 0 Å². The van der Waals surface area contributed by atoms with E-state index in [2.05, 4.69) is 39.1 Å². The summed E-state index contributed by atoms with van der Waals surface area (Å²) in [5, 5.41) is 0. The fourth-order valence-electron chi connectivity index (χ4n) is 4.24. The van der Waals surface area contributed by atoms with E-state index in [0.717, 1.165) is 56.8 Å². The standard InChI is InChI=1S/C22H28N4O2/c1-28-20-9-12-25(15-20)16-21(27)26-13-7-18(8-14-26)17-3-5-19(6-4-17)22-23-10-2-11-24-22/h2-6,10-11,18,20H,7-9,12-16H2,1H3/t20-/m0/s1. The summed E-state index contributed by atoms with van der Waals surface area (Å²) in [5.74, 6) is 1.53. The predicted octanol–water partition coefficient (Wildman–Crippen LogP) is 2.57. The van der Waals surface area contributed by atoms with Crippen LogP contribution in [0.15, 0.2) is 42.7 Å². The van der Waals surface area contributed by atoms with Crippen molar-refractivity contribution in [3.8, 4) is 11.4 Å². The third-order valence-corrected chi connectivity index (χ3v) is 5.98. The molecule has 1 atom stereocenters. The minimum absolute atomic E-state index is 0.256. The lowest BCUT2D eigenvalue weighted by Gasteiger charge is -2.33. The molecule has 0 aliphatic carbocycles. The molecule has 2 aromatic rings. The Kier molecular flexibility index (Phi) is 5.98. The Balaban J connectivity index is 1.28. The van der Waals surface area contributed by atoms with Gasteiger partial charge in [-0.25, -0.2) is 9.97 Å². The van der Waals surface area contributed by atoms with Gasteiger partial charge in [0.1, 0.15) is 0 Å². The van der Waals surface area contributed by atoms with Crippen LogP contribution in [0.1, 0.15) is 30.7 Å². The molecule has 0 spiro atoms. The highest BCUT2D eigenvalue weighted by atomic mass is 16.5. The van der Waals surface area contributed by atoms with Crippen molar-refractivity contribution in [2.75, 3.05) is 39.8 Å². The first-order valence-electron chi connectivity index (χ1n) is 10.1. The molecule has 3 heterocycles. The number of carbonyl (C=O) groups excluding carboxylic acids is 1. The molecule has 1 aromatic heterocycles. The molecule has 6 heteroatoms. The number of rotatable bonds is 5. The van der Waals surface area contributed by atoms with Gasteiger partial charge in [-0.2, -0.15) is 0 Å². The minimum Gasteiger partial charge on any atom is -0.380 e. The summed E-state index contributed by atoms with van der Waals surface area (Å²) >= 11 is 0. The maximum atomic E-state index is 12.6. The summed E-state index contributed by atoms with van der Waals surface area (Å²) in [6.45, 7) is 4.04. The van der Waals surface area contributed by atoms with Crippen LogP contribution in [-0.2, 0) is 9.53 Å². The summed E-state index contributed by atoms with van der Waals surface area (Å²) in [4.78, 5) is 25.5. The van der Waals surface area contributed by atoms with Gasteiger partial charge in [-0.05, 0) is 36.8 Å². The summed E-state index contributed by atoms with van der Waals surface area (Å²) in [6, 6.07) is 10.4. The molecule has 28 heavy (non-hydrogen) atoms. The highest BCUT2D eigenvalue weighted by Crippen LogP contribution is 2.29. The Labute approximate surface area is 166 Å². The van der Waals surface area contributed by atoms with Crippen molar-refractivity contribution in [1.29, 1.82) is 0 Å². The molecule has 0 bridgehead atoms. The average Bonchev–Trinajstić information content (AvgIpc) is 3.22. The number of methoxy groups -OCH3 is 1. The van der Waals surface area contributed by atoms with E-state index >= 15 is 0 Å². The van der Waals surface area contributed by atoms with Crippen LogP contribution in [0.25, 0.3) is 11.4 Å². The van der Waals surface area contributed by atoms with Crippen molar-refractivity contribution in [3.05, 3.63) is 48.3 Å². The predicted molar refractivity (Wildman–Crippen MR) is 108 cm³/mol. The van der Waals surface area contributed by atoms with Crippen LogP contribution in [0.3, 0.4) is 0 Å². The third-order valence-electron chi connectivity index (χ3n) is 5.98. The molecule has 2 aliphatic rings. The van der Waals surface area contributed by atoms with Gasteiger partial charge >= 0.3 is 0 Å². The van der Waals surface area contributed by atoms with Gasteiger partial charge in [0.05, 0.1) is 12.6 Å². The molecule has 2 aliphatic heterocycles. The van der Waals surface area contributed by atoms with E-state index in [-0.39, 0.29) is 12.0 Å². The van der Waals surface area contributed by atoms with Crippen LogP contribution in [0.5, 0.6) is 0 Å². The van der Waals surface area contributed by atoms with Crippen LogP contribution in [0, 0.1) is 0 Å². The number of likely N-dealkylation sites (tertiary alicyclic amines) is 2. The number of hydrogen-bond donors (Lipinski definition) is 0. The van der Waals surface area contributed by atoms with Crippen molar-refractivity contribution in [2.45, 2.75) is 31.3 Å². The normalized spacial score (nSPS) is 21.2. The summed E-state index contributed by atoms with van der Waals surface area (Å²) in [6.07, 6.45) is 6.88. The fraction of sp³-hybridized carbons (Fsp3) is 0.500. The fourth-order valence-corrected chi connectivity index (χ4v) is 4.24. The lowest BCUT2D eigenvalue weighted by Crippen LogP contribution is -2.43. The Bertz CT molecular complexity index is 773. The van der Waals surface area contributed by atoms with Crippen molar-refractivity contribution in [1.82, 2.24) is 19.8 Å². The number of benzene rings is 1. The highest BCUT2D eigenvalue weighted by molar-refractivity contribution is 5.78. The van der Waals surface area contributed by atoms with E-state index in [4.69, 9.17) is 4.74 Å². The van der Waals surface area contributed by atoms with Gasteiger partial charge in [0, 0.05) is 51.2 Å². The molecule has 0 N–H and O–H groups in total. The first-order chi connectivity index (χ1) is 13.7. The molecule has 2 saturated heterocycles. The number of carbonyl (C=O) groups is 1. The average molecular weight is 380 g/mol. The van der Waals surface area contributed by atoms with E-state index in [1.165, 1.54) is 5.56 Å². The number of amides is 1. The van der Waals surface area contributed by atoms with Crippen LogP contribution in [0.2, 0.25) is 0 Å². The van der Waals surface area contributed by atoms with Gasteiger partial charge in [0.25, 0.3) is 0 Å². The molecule has 0 unspecified atom stereocenters. The zero-order chi connectivity index (χ0) is 19.3. The second-order valence-electron chi connectivity index (χ2n) is 7.73. The maximum absolute atomic E-state index is 12.6. The second-order valence-corrected chi connectivity index (χ2v) is 7.73. The molecular weight excluding hydrogens is 352 g/mol. The van der Waals surface area contributed by atoms with Gasteiger partial charge < -0.3 is 9.64 Å². The SMILES string of the molecule is CO[C@H]1CCN(CC(=O)N2CCC(c3ccc(-c4ncccn4)cc3)CC2)C1. The molecule has 1 aromatic carbocycles. The van der Waals surface area contributed by atoms with Crippen molar-refractivity contribution < 1.29 is 9.53 Å². The molecule has 0 radical (unpaired) electrons. The molecule has 4 rings (SSSR count). The van der Waals surface area contributed by atoms with Crippen LogP contribution in [0.4, 0.5) is 0 Å². The highest BCUT2D eigenvalue weighted by Gasteiger charge is 2.28. The van der Waals surface area contributed by atoms with E-state index in [1.54, 1.807) is 19.5 Å². The maximum Gasteiger partial charge on any atom is 0.236 e. The monoisotopic (exact) mass is 380 g/mol. The summed E-state index contributed by atoms with van der Waals surface area (Å²) < 4.78 is 5.39. The second kappa shape index (κ2) is 8.80. The minimum atomic E-state index is 0.256. The zero-order valence-electron chi connectivity index (χ0n) is 16.5. The first kappa shape index (κ1) is 19.0. The number of piperidine rings is 1. The molecule has 0 saturated carbocycles. The van der Waals surface area contributed by atoms with Gasteiger partial charge in [0.2, 0.25) is 5.91 Å². The molecular formula is C22H28N4O2. The summed E-state index contributed by atoms with van der Waals surface area (Å²) in [5.41, 5.74) is 2.38. The smallest absolute Gasteiger partial charge is 0.236 e. The molecule has 2 fully saturated rings. The van der Waals surface area contributed by atoms with Crippen molar-refractivity contribution >= 4 is 5.91 Å². The zero-order valence-corrected chi connectivity index (χ0v) is 16.5. The lowest BCUT2D eigenvalue weighted by atomic mass is 9.89. The van der Waals surface area contributed by atoms with Crippen molar-refractivity contribution in [2.24, 2.45) is 0 Å². The summed E-state index contributed by atoms with van der Waals surface area (Å²) in [7, 11) is 1.75. The molecule has 148 valence electrons. The van der Waals surface area contributed by atoms with E-state index < -0.39 is 0 Å². The number of nitrogens with zero attached hydrogens (tertiary/aromatic N) is 4. The first-order valence-corrected chi connectivity index (χ1v) is 10.1. The third kappa shape index (κ3) is 4.39. The van der Waals surface area contributed by atoms with Crippen LogP contribution < -0.4 is 0 Å². The molecule has 6 nitrogen and oxygen atoms in total.